The van der Waals surface area contributed by atoms with E-state index in [0.29, 0.717) is 5.56 Å². The fourth-order valence-corrected chi connectivity index (χ4v) is 2.05. The van der Waals surface area contributed by atoms with Gasteiger partial charge in [0, 0.05) is 36.7 Å². The standard InChI is InChI=1S/C18H21N3O2/c1-13(22)14-4-6-15(7-5-14)19-12-18(23)20-16-8-10-17(11-9-16)21(2)3/h4-11,19H,12H2,1-3H3,(H,20,23). The van der Waals surface area contributed by atoms with Gasteiger partial charge in [0.15, 0.2) is 5.78 Å². The number of rotatable bonds is 6. The minimum Gasteiger partial charge on any atom is -0.378 e. The van der Waals surface area contributed by atoms with Gasteiger partial charge in [-0.25, -0.2) is 0 Å². The molecule has 0 saturated heterocycles. The van der Waals surface area contributed by atoms with Crippen molar-refractivity contribution in [3.63, 3.8) is 0 Å². The van der Waals surface area contributed by atoms with Crippen molar-refractivity contribution in [2.24, 2.45) is 0 Å². The van der Waals surface area contributed by atoms with Gasteiger partial charge in [0.2, 0.25) is 5.91 Å². The summed E-state index contributed by atoms with van der Waals surface area (Å²) in [5.74, 6) is -0.103. The highest BCUT2D eigenvalue weighted by molar-refractivity contribution is 5.95. The van der Waals surface area contributed by atoms with E-state index in [0.717, 1.165) is 17.1 Å². The molecule has 0 spiro atoms. The summed E-state index contributed by atoms with van der Waals surface area (Å²) < 4.78 is 0. The van der Waals surface area contributed by atoms with E-state index >= 15 is 0 Å². The van der Waals surface area contributed by atoms with Crippen LogP contribution in [0.3, 0.4) is 0 Å². The summed E-state index contributed by atoms with van der Waals surface area (Å²) in [6.07, 6.45) is 0. The first-order valence-electron chi connectivity index (χ1n) is 7.38. The molecule has 0 fully saturated rings. The van der Waals surface area contributed by atoms with E-state index in [4.69, 9.17) is 0 Å². The third-order valence-corrected chi connectivity index (χ3v) is 3.41. The second-order valence-corrected chi connectivity index (χ2v) is 5.48. The minimum absolute atomic E-state index is 0.0236. The third-order valence-electron chi connectivity index (χ3n) is 3.41. The maximum Gasteiger partial charge on any atom is 0.243 e. The summed E-state index contributed by atoms with van der Waals surface area (Å²) in [6, 6.07) is 14.7. The molecule has 23 heavy (non-hydrogen) atoms. The smallest absolute Gasteiger partial charge is 0.243 e. The van der Waals surface area contributed by atoms with Crippen molar-refractivity contribution < 1.29 is 9.59 Å². The topological polar surface area (TPSA) is 61.4 Å². The summed E-state index contributed by atoms with van der Waals surface area (Å²) in [5, 5.41) is 5.86. The zero-order valence-electron chi connectivity index (χ0n) is 13.6. The molecular weight excluding hydrogens is 290 g/mol. The van der Waals surface area contributed by atoms with Crippen molar-refractivity contribution in [2.75, 3.05) is 36.2 Å². The molecule has 5 heteroatoms. The summed E-state index contributed by atoms with van der Waals surface area (Å²) >= 11 is 0. The number of Topliss-reactive ketones (excluding diaryl/α,β-unsaturated/α-hetero) is 1. The quantitative estimate of drug-likeness (QED) is 0.805. The molecule has 5 nitrogen and oxygen atoms in total. The molecule has 0 radical (unpaired) electrons. The number of carbonyl (C=O) groups is 2. The van der Waals surface area contributed by atoms with E-state index in [1.54, 1.807) is 24.3 Å². The lowest BCUT2D eigenvalue weighted by Crippen LogP contribution is -2.21. The van der Waals surface area contributed by atoms with Gasteiger partial charge in [0.1, 0.15) is 0 Å². The molecule has 0 heterocycles. The van der Waals surface area contributed by atoms with Gasteiger partial charge in [-0.3, -0.25) is 9.59 Å². The maximum absolute atomic E-state index is 11.9. The van der Waals surface area contributed by atoms with Crippen molar-refractivity contribution in [1.29, 1.82) is 0 Å². The first-order chi connectivity index (χ1) is 11.0. The molecule has 2 N–H and O–H groups in total. The van der Waals surface area contributed by atoms with Crippen LogP contribution in [0.4, 0.5) is 17.1 Å². The predicted molar refractivity (Wildman–Crippen MR) is 94.3 cm³/mol. The number of carbonyl (C=O) groups excluding carboxylic acids is 2. The number of nitrogens with zero attached hydrogens (tertiary/aromatic N) is 1. The Morgan fingerprint density at radius 1 is 0.913 bits per heavy atom. The molecule has 2 aromatic rings. The zero-order chi connectivity index (χ0) is 16.8. The molecule has 0 aromatic heterocycles. The van der Waals surface area contributed by atoms with E-state index in [-0.39, 0.29) is 18.2 Å². The first-order valence-corrected chi connectivity index (χ1v) is 7.38. The molecule has 120 valence electrons. The Labute approximate surface area is 136 Å². The van der Waals surface area contributed by atoms with Crippen LogP contribution in [0.2, 0.25) is 0 Å². The van der Waals surface area contributed by atoms with Crippen LogP contribution >= 0.6 is 0 Å². The molecule has 0 unspecified atom stereocenters. The fraction of sp³-hybridized carbons (Fsp3) is 0.222. The number of nitrogens with one attached hydrogen (secondary N) is 2. The van der Waals surface area contributed by atoms with E-state index in [9.17, 15) is 9.59 Å². The lowest BCUT2D eigenvalue weighted by molar-refractivity contribution is -0.114. The largest absolute Gasteiger partial charge is 0.378 e. The number of amides is 1. The summed E-state index contributed by atoms with van der Waals surface area (Å²) in [7, 11) is 3.93. The average Bonchev–Trinajstić information content (AvgIpc) is 2.54. The number of benzene rings is 2. The number of hydrogen-bond acceptors (Lipinski definition) is 4. The van der Waals surface area contributed by atoms with Crippen LogP contribution < -0.4 is 15.5 Å². The van der Waals surface area contributed by atoms with E-state index < -0.39 is 0 Å². The highest BCUT2D eigenvalue weighted by Gasteiger charge is 2.04. The molecule has 0 saturated carbocycles. The second kappa shape index (κ2) is 7.45. The number of ketones is 1. The van der Waals surface area contributed by atoms with Gasteiger partial charge in [0.25, 0.3) is 0 Å². The van der Waals surface area contributed by atoms with Crippen molar-refractivity contribution in [2.45, 2.75) is 6.92 Å². The maximum atomic E-state index is 11.9. The minimum atomic E-state index is -0.127. The highest BCUT2D eigenvalue weighted by atomic mass is 16.2. The Kier molecular flexibility index (Phi) is 5.36. The molecule has 0 atom stereocenters. The van der Waals surface area contributed by atoms with Crippen LogP contribution in [0.15, 0.2) is 48.5 Å². The normalized spacial score (nSPS) is 10.0. The molecule has 0 aliphatic carbocycles. The van der Waals surface area contributed by atoms with Crippen molar-refractivity contribution >= 4 is 28.8 Å². The molecule has 0 aliphatic rings. The Morgan fingerprint density at radius 2 is 1.48 bits per heavy atom. The second-order valence-electron chi connectivity index (χ2n) is 5.48. The van der Waals surface area contributed by atoms with Gasteiger partial charge in [0.05, 0.1) is 6.54 Å². The van der Waals surface area contributed by atoms with Crippen LogP contribution in [0.25, 0.3) is 0 Å². The molecule has 0 bridgehead atoms. The van der Waals surface area contributed by atoms with Crippen LogP contribution in [-0.2, 0) is 4.79 Å². The van der Waals surface area contributed by atoms with E-state index in [2.05, 4.69) is 10.6 Å². The third kappa shape index (κ3) is 4.85. The molecule has 2 aromatic carbocycles. The molecule has 2 rings (SSSR count). The van der Waals surface area contributed by atoms with Gasteiger partial charge in [-0.05, 0) is 55.5 Å². The molecular formula is C18H21N3O2. The lowest BCUT2D eigenvalue weighted by Gasteiger charge is -2.13. The Hall–Kier alpha value is -2.82. The zero-order valence-corrected chi connectivity index (χ0v) is 13.6. The Balaban J connectivity index is 1.86. The number of anilines is 3. The molecule has 0 aliphatic heterocycles. The van der Waals surface area contributed by atoms with Crippen LogP contribution in [-0.4, -0.2) is 32.3 Å². The van der Waals surface area contributed by atoms with Crippen molar-refractivity contribution in [3.05, 3.63) is 54.1 Å². The number of hydrogen-bond donors (Lipinski definition) is 2. The average molecular weight is 311 g/mol. The van der Waals surface area contributed by atoms with E-state index in [1.165, 1.54) is 6.92 Å². The van der Waals surface area contributed by atoms with Gasteiger partial charge >= 0.3 is 0 Å². The van der Waals surface area contributed by atoms with Crippen LogP contribution in [0.1, 0.15) is 17.3 Å². The monoisotopic (exact) mass is 311 g/mol. The first kappa shape index (κ1) is 16.5. The Morgan fingerprint density at radius 3 is 2.00 bits per heavy atom. The van der Waals surface area contributed by atoms with Gasteiger partial charge in [-0.15, -0.1) is 0 Å². The van der Waals surface area contributed by atoms with Crippen LogP contribution in [0, 0.1) is 0 Å². The summed E-state index contributed by atoms with van der Waals surface area (Å²) in [6.45, 7) is 1.69. The molecule has 1 amide bonds. The highest BCUT2D eigenvalue weighted by Crippen LogP contribution is 2.15. The van der Waals surface area contributed by atoms with Gasteiger partial charge in [-0.2, -0.15) is 0 Å². The lowest BCUT2D eigenvalue weighted by atomic mass is 10.1. The summed E-state index contributed by atoms with van der Waals surface area (Å²) in [5.41, 5.74) is 3.29. The fourth-order valence-electron chi connectivity index (χ4n) is 2.05. The Bertz CT molecular complexity index is 676. The summed E-state index contributed by atoms with van der Waals surface area (Å²) in [4.78, 5) is 25.1. The SMILES string of the molecule is CC(=O)c1ccc(NCC(=O)Nc2ccc(N(C)C)cc2)cc1. The van der Waals surface area contributed by atoms with Gasteiger partial charge in [-0.1, -0.05) is 0 Å². The van der Waals surface area contributed by atoms with Crippen molar-refractivity contribution in [1.82, 2.24) is 0 Å². The van der Waals surface area contributed by atoms with Crippen LogP contribution in [0.5, 0.6) is 0 Å². The predicted octanol–water partition coefficient (Wildman–Crippen LogP) is 3.01. The van der Waals surface area contributed by atoms with E-state index in [1.807, 2.05) is 43.3 Å². The van der Waals surface area contributed by atoms with Gasteiger partial charge < -0.3 is 15.5 Å². The van der Waals surface area contributed by atoms with Crippen molar-refractivity contribution in [3.8, 4) is 0 Å².